The van der Waals surface area contributed by atoms with E-state index in [2.05, 4.69) is 34.6 Å². The molecule has 1 heteroatoms. The van der Waals surface area contributed by atoms with Gasteiger partial charge in [0.25, 0.3) is 0 Å². The molecule has 76 valence electrons. The second kappa shape index (κ2) is 5.98. The molecule has 0 atom stereocenters. The van der Waals surface area contributed by atoms with Gasteiger partial charge in [-0.25, -0.2) is 0 Å². The van der Waals surface area contributed by atoms with E-state index in [0.29, 0.717) is 6.54 Å². The average molecular weight is 181 g/mol. The molecule has 13 heavy (non-hydrogen) atoms. The van der Waals surface area contributed by atoms with E-state index in [4.69, 9.17) is 5.73 Å². The van der Waals surface area contributed by atoms with Crippen LogP contribution in [0.5, 0.6) is 0 Å². The standard InChI is InChI=1S/C12H23N/c1-6-9(3)11(5)12(8-13)10(4)7-2/h6-8,13H2,1-5H3/b11-9-,12-10-. The summed E-state index contributed by atoms with van der Waals surface area (Å²) < 4.78 is 0. The zero-order valence-corrected chi connectivity index (χ0v) is 9.70. The maximum Gasteiger partial charge on any atom is 0.0180 e. The van der Waals surface area contributed by atoms with Crippen molar-refractivity contribution in [2.24, 2.45) is 5.73 Å². The molecule has 0 aromatic carbocycles. The lowest BCUT2D eigenvalue weighted by Crippen LogP contribution is -2.07. The highest BCUT2D eigenvalue weighted by Gasteiger charge is 2.04. The van der Waals surface area contributed by atoms with Gasteiger partial charge in [-0.15, -0.1) is 0 Å². The summed E-state index contributed by atoms with van der Waals surface area (Å²) in [6.07, 6.45) is 2.22. The Labute approximate surface area is 82.7 Å². The normalized spacial score (nSPS) is 15.2. The fraction of sp³-hybridized carbons (Fsp3) is 0.667. The van der Waals surface area contributed by atoms with Crippen LogP contribution in [-0.2, 0) is 0 Å². The second-order valence-electron chi connectivity index (χ2n) is 3.58. The van der Waals surface area contributed by atoms with Crippen molar-refractivity contribution in [3.63, 3.8) is 0 Å². The van der Waals surface area contributed by atoms with Gasteiger partial charge in [-0.05, 0) is 44.8 Å². The van der Waals surface area contributed by atoms with E-state index in [1.54, 1.807) is 0 Å². The minimum Gasteiger partial charge on any atom is -0.326 e. The predicted octanol–water partition coefficient (Wildman–Crippen LogP) is 3.42. The van der Waals surface area contributed by atoms with Gasteiger partial charge in [-0.1, -0.05) is 25.0 Å². The van der Waals surface area contributed by atoms with Gasteiger partial charge in [0.05, 0.1) is 0 Å². The molecule has 0 fully saturated rings. The van der Waals surface area contributed by atoms with Crippen molar-refractivity contribution in [1.82, 2.24) is 0 Å². The van der Waals surface area contributed by atoms with Crippen molar-refractivity contribution in [1.29, 1.82) is 0 Å². The molecule has 0 saturated heterocycles. The highest BCUT2D eigenvalue weighted by atomic mass is 14.5. The van der Waals surface area contributed by atoms with Crippen LogP contribution in [0.3, 0.4) is 0 Å². The molecule has 2 N–H and O–H groups in total. The Kier molecular flexibility index (Phi) is 5.72. The first-order valence-corrected chi connectivity index (χ1v) is 5.13. The largest absolute Gasteiger partial charge is 0.326 e. The Morgan fingerprint density at radius 1 is 0.923 bits per heavy atom. The quantitative estimate of drug-likeness (QED) is 0.661. The summed E-state index contributed by atoms with van der Waals surface area (Å²) in [7, 11) is 0. The summed E-state index contributed by atoms with van der Waals surface area (Å²) in [5.74, 6) is 0. The second-order valence-corrected chi connectivity index (χ2v) is 3.58. The molecular weight excluding hydrogens is 158 g/mol. The molecule has 1 nitrogen and oxygen atoms in total. The zero-order chi connectivity index (χ0) is 10.4. The van der Waals surface area contributed by atoms with Crippen LogP contribution in [-0.4, -0.2) is 6.54 Å². The van der Waals surface area contributed by atoms with Crippen molar-refractivity contribution < 1.29 is 0 Å². The lowest BCUT2D eigenvalue weighted by molar-refractivity contribution is 0.980. The van der Waals surface area contributed by atoms with Crippen molar-refractivity contribution in [3.05, 3.63) is 22.3 Å². The Morgan fingerprint density at radius 2 is 1.38 bits per heavy atom. The molecule has 0 rings (SSSR count). The van der Waals surface area contributed by atoms with Gasteiger partial charge in [-0.2, -0.15) is 0 Å². The van der Waals surface area contributed by atoms with Gasteiger partial charge in [0.2, 0.25) is 0 Å². The van der Waals surface area contributed by atoms with Gasteiger partial charge < -0.3 is 5.73 Å². The van der Waals surface area contributed by atoms with E-state index in [1.165, 1.54) is 22.3 Å². The van der Waals surface area contributed by atoms with E-state index in [0.717, 1.165) is 12.8 Å². The molecule has 0 saturated carbocycles. The number of nitrogens with two attached hydrogens (primary N) is 1. The monoisotopic (exact) mass is 181 g/mol. The molecule has 0 amide bonds. The van der Waals surface area contributed by atoms with Crippen molar-refractivity contribution in [2.75, 3.05) is 6.54 Å². The molecule has 0 spiro atoms. The van der Waals surface area contributed by atoms with Gasteiger partial charge in [0.1, 0.15) is 0 Å². The summed E-state index contributed by atoms with van der Waals surface area (Å²) in [4.78, 5) is 0. The van der Waals surface area contributed by atoms with Crippen LogP contribution in [0.4, 0.5) is 0 Å². The summed E-state index contributed by atoms with van der Waals surface area (Å²) in [5, 5.41) is 0. The van der Waals surface area contributed by atoms with E-state index in [1.807, 2.05) is 0 Å². The third-order valence-electron chi connectivity index (χ3n) is 2.87. The third kappa shape index (κ3) is 3.35. The topological polar surface area (TPSA) is 26.0 Å². The van der Waals surface area contributed by atoms with Gasteiger partial charge >= 0.3 is 0 Å². The predicted molar refractivity (Wildman–Crippen MR) is 60.7 cm³/mol. The number of hydrogen-bond acceptors (Lipinski definition) is 1. The molecule has 0 radical (unpaired) electrons. The summed E-state index contributed by atoms with van der Waals surface area (Å²) in [6.45, 7) is 11.6. The van der Waals surface area contributed by atoms with Crippen LogP contribution < -0.4 is 5.73 Å². The Bertz CT molecular complexity index is 221. The number of rotatable bonds is 4. The fourth-order valence-electron chi connectivity index (χ4n) is 1.38. The maximum atomic E-state index is 5.75. The van der Waals surface area contributed by atoms with Crippen LogP contribution in [0.15, 0.2) is 22.3 Å². The van der Waals surface area contributed by atoms with E-state index < -0.39 is 0 Å². The highest BCUT2D eigenvalue weighted by Crippen LogP contribution is 2.20. The summed E-state index contributed by atoms with van der Waals surface area (Å²) in [6, 6.07) is 0. The molecule has 0 aromatic heterocycles. The molecular formula is C12H23N. The van der Waals surface area contributed by atoms with Crippen LogP contribution >= 0.6 is 0 Å². The van der Waals surface area contributed by atoms with Gasteiger partial charge in [0, 0.05) is 6.54 Å². The van der Waals surface area contributed by atoms with Crippen LogP contribution in [0.1, 0.15) is 47.5 Å². The SMILES string of the molecule is CC/C(C)=C(C)\C(CN)=C(\C)CC. The summed E-state index contributed by atoms with van der Waals surface area (Å²) in [5.41, 5.74) is 11.4. The minimum absolute atomic E-state index is 0.669. The van der Waals surface area contributed by atoms with Crippen molar-refractivity contribution in [3.8, 4) is 0 Å². The molecule has 0 unspecified atom stereocenters. The first-order chi connectivity index (χ1) is 6.08. The van der Waals surface area contributed by atoms with Crippen molar-refractivity contribution in [2.45, 2.75) is 47.5 Å². The zero-order valence-electron chi connectivity index (χ0n) is 9.70. The van der Waals surface area contributed by atoms with Crippen LogP contribution in [0, 0.1) is 0 Å². The first-order valence-electron chi connectivity index (χ1n) is 5.13. The fourth-order valence-corrected chi connectivity index (χ4v) is 1.38. The van der Waals surface area contributed by atoms with E-state index in [9.17, 15) is 0 Å². The molecule has 0 aliphatic carbocycles. The molecule has 0 aliphatic rings. The molecule has 0 aromatic rings. The smallest absolute Gasteiger partial charge is 0.0180 e. The maximum absolute atomic E-state index is 5.75. The third-order valence-corrected chi connectivity index (χ3v) is 2.87. The van der Waals surface area contributed by atoms with E-state index in [-0.39, 0.29) is 0 Å². The number of allylic oxidation sites excluding steroid dienone is 2. The van der Waals surface area contributed by atoms with Gasteiger partial charge in [0.15, 0.2) is 0 Å². The van der Waals surface area contributed by atoms with Crippen LogP contribution in [0.2, 0.25) is 0 Å². The minimum atomic E-state index is 0.669. The van der Waals surface area contributed by atoms with E-state index >= 15 is 0 Å². The first kappa shape index (κ1) is 12.4. The lowest BCUT2D eigenvalue weighted by atomic mass is 9.96. The van der Waals surface area contributed by atoms with Crippen molar-refractivity contribution >= 4 is 0 Å². The molecule has 0 heterocycles. The lowest BCUT2D eigenvalue weighted by Gasteiger charge is -2.12. The molecule has 0 bridgehead atoms. The van der Waals surface area contributed by atoms with Crippen LogP contribution in [0.25, 0.3) is 0 Å². The Hall–Kier alpha value is -0.560. The average Bonchev–Trinajstić information content (AvgIpc) is 2.17. The van der Waals surface area contributed by atoms with Gasteiger partial charge in [-0.3, -0.25) is 0 Å². The Balaban J connectivity index is 5.00. The Morgan fingerprint density at radius 3 is 1.69 bits per heavy atom. The highest BCUT2D eigenvalue weighted by molar-refractivity contribution is 5.37. The summed E-state index contributed by atoms with van der Waals surface area (Å²) >= 11 is 0. The number of hydrogen-bond donors (Lipinski definition) is 1. The molecule has 0 aliphatic heterocycles.